The fraction of sp³-hybridized carbons (Fsp3) is 0.600. The lowest BCUT2D eigenvalue weighted by Gasteiger charge is -2.38. The number of aliphatic carboxylic acids is 1. The van der Waals surface area contributed by atoms with Gasteiger partial charge in [-0.3, -0.25) is 9.48 Å². The molecule has 0 radical (unpaired) electrons. The minimum atomic E-state index is -0.822. The van der Waals surface area contributed by atoms with Gasteiger partial charge in [0.1, 0.15) is 6.33 Å². The molecule has 0 aromatic carbocycles. The van der Waals surface area contributed by atoms with Crippen LogP contribution in [-0.4, -0.2) is 49.9 Å². The van der Waals surface area contributed by atoms with Crippen molar-refractivity contribution in [2.24, 2.45) is 13.0 Å². The highest BCUT2D eigenvalue weighted by Gasteiger charge is 2.31. The van der Waals surface area contributed by atoms with Gasteiger partial charge in [-0.25, -0.2) is 9.78 Å². The van der Waals surface area contributed by atoms with Gasteiger partial charge in [-0.1, -0.05) is 0 Å². The number of rotatable bonds is 4. The molecule has 1 fully saturated rings. The van der Waals surface area contributed by atoms with Crippen molar-refractivity contribution in [2.75, 3.05) is 13.1 Å². The van der Waals surface area contributed by atoms with E-state index in [9.17, 15) is 9.59 Å². The standard InChI is InChI=1S/C10H15N5O3/c1-14-6-12-8(13-14)3-11-10(18)15-4-7(5-15)2-9(16)17/h6-7H,2-5H2,1H3,(H,11,18)(H,16,17). The molecule has 0 atom stereocenters. The van der Waals surface area contributed by atoms with E-state index < -0.39 is 5.97 Å². The SMILES string of the molecule is Cn1cnc(CNC(=O)N2CC(CC(=O)O)C2)n1. The first-order chi connectivity index (χ1) is 8.54. The van der Waals surface area contributed by atoms with Crippen molar-refractivity contribution >= 4 is 12.0 Å². The largest absolute Gasteiger partial charge is 0.481 e. The first-order valence-electron chi connectivity index (χ1n) is 5.63. The van der Waals surface area contributed by atoms with Crippen LogP contribution in [0.4, 0.5) is 4.79 Å². The van der Waals surface area contributed by atoms with Crippen LogP contribution < -0.4 is 5.32 Å². The Bertz CT molecular complexity index is 452. The predicted octanol–water partition coefficient (Wildman–Crippen LogP) is -0.569. The van der Waals surface area contributed by atoms with Gasteiger partial charge < -0.3 is 15.3 Å². The summed E-state index contributed by atoms with van der Waals surface area (Å²) in [6.45, 7) is 1.27. The van der Waals surface area contributed by atoms with E-state index >= 15 is 0 Å². The summed E-state index contributed by atoms with van der Waals surface area (Å²) in [6, 6.07) is -0.205. The third-order valence-corrected chi connectivity index (χ3v) is 2.75. The van der Waals surface area contributed by atoms with Crippen molar-refractivity contribution in [1.29, 1.82) is 0 Å². The Kier molecular flexibility index (Phi) is 3.45. The molecule has 0 unspecified atom stereocenters. The van der Waals surface area contributed by atoms with Crippen LogP contribution in [0.3, 0.4) is 0 Å². The van der Waals surface area contributed by atoms with Gasteiger partial charge in [0.2, 0.25) is 0 Å². The number of hydrogen-bond acceptors (Lipinski definition) is 4. The number of nitrogens with one attached hydrogen (secondary N) is 1. The molecular formula is C10H15N5O3. The summed E-state index contributed by atoms with van der Waals surface area (Å²) in [5.41, 5.74) is 0. The molecule has 8 nitrogen and oxygen atoms in total. The van der Waals surface area contributed by atoms with Crippen molar-refractivity contribution < 1.29 is 14.7 Å². The van der Waals surface area contributed by atoms with Crippen LogP contribution in [0, 0.1) is 5.92 Å². The maximum absolute atomic E-state index is 11.6. The number of nitrogens with zero attached hydrogens (tertiary/aromatic N) is 4. The first kappa shape index (κ1) is 12.3. The number of carbonyl (C=O) groups excluding carboxylic acids is 1. The van der Waals surface area contributed by atoms with Crippen LogP contribution in [0.2, 0.25) is 0 Å². The highest BCUT2D eigenvalue weighted by Crippen LogP contribution is 2.18. The van der Waals surface area contributed by atoms with Gasteiger partial charge in [-0.15, -0.1) is 0 Å². The molecule has 0 aliphatic carbocycles. The van der Waals surface area contributed by atoms with Gasteiger partial charge >= 0.3 is 12.0 Å². The molecule has 2 N–H and O–H groups in total. The second-order valence-corrected chi connectivity index (χ2v) is 4.36. The normalized spacial score (nSPS) is 15.3. The second-order valence-electron chi connectivity index (χ2n) is 4.36. The second kappa shape index (κ2) is 5.03. The quantitative estimate of drug-likeness (QED) is 0.748. The number of hydrogen-bond donors (Lipinski definition) is 2. The van der Waals surface area contributed by atoms with E-state index in [-0.39, 0.29) is 24.9 Å². The summed E-state index contributed by atoms with van der Waals surface area (Å²) in [6.07, 6.45) is 1.68. The Morgan fingerprint density at radius 3 is 2.83 bits per heavy atom. The fourth-order valence-electron chi connectivity index (χ4n) is 1.84. The van der Waals surface area contributed by atoms with E-state index in [0.29, 0.717) is 18.9 Å². The Labute approximate surface area is 104 Å². The maximum atomic E-state index is 11.6. The number of carboxylic acids is 1. The zero-order chi connectivity index (χ0) is 13.1. The van der Waals surface area contributed by atoms with Crippen molar-refractivity contribution in [3.63, 3.8) is 0 Å². The molecule has 8 heteroatoms. The van der Waals surface area contributed by atoms with Gasteiger partial charge in [0.25, 0.3) is 0 Å². The molecule has 1 aromatic heterocycles. The number of urea groups is 1. The Morgan fingerprint density at radius 2 is 2.28 bits per heavy atom. The lowest BCUT2D eigenvalue weighted by molar-refractivity contribution is -0.139. The molecule has 2 amide bonds. The predicted molar refractivity (Wildman–Crippen MR) is 60.6 cm³/mol. The monoisotopic (exact) mass is 253 g/mol. The minimum Gasteiger partial charge on any atom is -0.481 e. The maximum Gasteiger partial charge on any atom is 0.317 e. The smallest absolute Gasteiger partial charge is 0.317 e. The van der Waals surface area contributed by atoms with E-state index in [1.165, 1.54) is 0 Å². The van der Waals surface area contributed by atoms with Crippen LogP contribution in [0.5, 0.6) is 0 Å². The van der Waals surface area contributed by atoms with Crippen LogP contribution in [-0.2, 0) is 18.4 Å². The van der Waals surface area contributed by atoms with Gasteiger partial charge in [-0.05, 0) is 0 Å². The molecule has 2 rings (SSSR count). The van der Waals surface area contributed by atoms with Crippen molar-refractivity contribution in [3.05, 3.63) is 12.2 Å². The number of aryl methyl sites for hydroxylation is 1. The first-order valence-corrected chi connectivity index (χ1v) is 5.63. The third-order valence-electron chi connectivity index (χ3n) is 2.75. The van der Waals surface area contributed by atoms with Gasteiger partial charge in [0.15, 0.2) is 5.82 Å². The van der Waals surface area contributed by atoms with E-state index in [1.54, 1.807) is 23.0 Å². The van der Waals surface area contributed by atoms with Crippen LogP contribution >= 0.6 is 0 Å². The van der Waals surface area contributed by atoms with Crippen LogP contribution in [0.15, 0.2) is 6.33 Å². The van der Waals surface area contributed by atoms with E-state index in [4.69, 9.17) is 5.11 Å². The summed E-state index contributed by atoms with van der Waals surface area (Å²) in [5, 5.41) is 15.3. The average molecular weight is 253 g/mol. The van der Waals surface area contributed by atoms with Crippen LogP contribution in [0.1, 0.15) is 12.2 Å². The van der Waals surface area contributed by atoms with Gasteiger partial charge in [0.05, 0.1) is 13.0 Å². The van der Waals surface area contributed by atoms with Crippen molar-refractivity contribution in [1.82, 2.24) is 25.0 Å². The fourth-order valence-corrected chi connectivity index (χ4v) is 1.84. The number of carboxylic acid groups (broad SMARTS) is 1. The highest BCUT2D eigenvalue weighted by molar-refractivity contribution is 5.75. The number of carbonyl (C=O) groups is 2. The molecule has 1 aliphatic heterocycles. The van der Waals surface area contributed by atoms with E-state index in [2.05, 4.69) is 15.4 Å². The zero-order valence-corrected chi connectivity index (χ0v) is 10.0. The molecule has 18 heavy (non-hydrogen) atoms. The van der Waals surface area contributed by atoms with Gasteiger partial charge in [0, 0.05) is 26.1 Å². The molecule has 0 saturated carbocycles. The number of aromatic nitrogens is 3. The Balaban J connectivity index is 1.69. The summed E-state index contributed by atoms with van der Waals surface area (Å²) in [4.78, 5) is 27.7. The molecule has 1 aliphatic rings. The Morgan fingerprint density at radius 1 is 1.56 bits per heavy atom. The van der Waals surface area contributed by atoms with Crippen LogP contribution in [0.25, 0.3) is 0 Å². The lowest BCUT2D eigenvalue weighted by Crippen LogP contribution is -2.54. The Hall–Kier alpha value is -2.12. The molecule has 1 aromatic rings. The molecular weight excluding hydrogens is 238 g/mol. The summed E-state index contributed by atoms with van der Waals surface area (Å²) < 4.78 is 1.56. The molecule has 0 spiro atoms. The van der Waals surface area contributed by atoms with Gasteiger partial charge in [-0.2, -0.15) is 5.10 Å². The molecule has 2 heterocycles. The summed E-state index contributed by atoms with van der Waals surface area (Å²) >= 11 is 0. The lowest BCUT2D eigenvalue weighted by atomic mass is 9.97. The number of amides is 2. The topological polar surface area (TPSA) is 100 Å². The zero-order valence-electron chi connectivity index (χ0n) is 10.0. The third kappa shape index (κ3) is 2.96. The van der Waals surface area contributed by atoms with E-state index in [1.807, 2.05) is 0 Å². The highest BCUT2D eigenvalue weighted by atomic mass is 16.4. The average Bonchev–Trinajstić information content (AvgIpc) is 2.65. The number of likely N-dealkylation sites (tertiary alicyclic amines) is 1. The summed E-state index contributed by atoms with van der Waals surface area (Å²) in [5.74, 6) is -0.201. The van der Waals surface area contributed by atoms with Crippen molar-refractivity contribution in [3.8, 4) is 0 Å². The molecule has 98 valence electrons. The van der Waals surface area contributed by atoms with Crippen molar-refractivity contribution in [2.45, 2.75) is 13.0 Å². The molecule has 0 bridgehead atoms. The minimum absolute atomic E-state index is 0.0706. The molecule has 1 saturated heterocycles. The summed E-state index contributed by atoms with van der Waals surface area (Å²) in [7, 11) is 1.75. The van der Waals surface area contributed by atoms with E-state index in [0.717, 1.165) is 0 Å².